The van der Waals surface area contributed by atoms with Gasteiger partial charge in [0.15, 0.2) is 5.11 Å². The standard InChI is InChI=1S/C26H36N4OS2/c1-5-27-24(32)23-17(4)21-14-19-16-29(7-3)12-11-26(19,18-9-8-10-20(31)13-18)15-22(21)30(23)25(33)28-6-2/h8-10,13,19,31H,5-7,11-12,14-16H2,1-4H3,(H,27,32)(H,28,33)/t19-,26+/m1/s1. The zero-order valence-electron chi connectivity index (χ0n) is 20.2. The minimum Gasteiger partial charge on any atom is -0.508 e. The maximum Gasteiger partial charge on any atom is 0.177 e. The molecule has 1 aromatic carbocycles. The molecule has 33 heavy (non-hydrogen) atoms. The van der Waals surface area contributed by atoms with Gasteiger partial charge in [-0.3, -0.25) is 4.57 Å². The maximum absolute atomic E-state index is 10.3. The van der Waals surface area contributed by atoms with Gasteiger partial charge in [-0.2, -0.15) is 0 Å². The topological polar surface area (TPSA) is 52.5 Å². The summed E-state index contributed by atoms with van der Waals surface area (Å²) in [6.45, 7) is 13.3. The first-order valence-electron chi connectivity index (χ1n) is 12.2. The molecule has 1 aromatic heterocycles. The Morgan fingerprint density at radius 2 is 1.94 bits per heavy atom. The molecule has 3 N–H and O–H groups in total. The molecule has 1 aliphatic heterocycles. The van der Waals surface area contributed by atoms with Gasteiger partial charge in [0, 0.05) is 30.7 Å². The summed E-state index contributed by atoms with van der Waals surface area (Å²) in [5, 5.41) is 17.8. The lowest BCUT2D eigenvalue weighted by molar-refractivity contribution is 0.0845. The van der Waals surface area contributed by atoms with Gasteiger partial charge in [-0.25, -0.2) is 0 Å². The third-order valence-corrected chi connectivity index (χ3v) is 8.33. The molecular formula is C26H36N4OS2. The molecule has 2 aromatic rings. The van der Waals surface area contributed by atoms with E-state index >= 15 is 0 Å². The van der Waals surface area contributed by atoms with Crippen molar-refractivity contribution in [1.29, 1.82) is 0 Å². The average molecular weight is 485 g/mol. The van der Waals surface area contributed by atoms with Gasteiger partial charge in [0.1, 0.15) is 10.7 Å². The molecular weight excluding hydrogens is 448 g/mol. The number of phenolic OH excluding ortho intramolecular Hbond substituents is 1. The third-order valence-electron chi connectivity index (χ3n) is 7.67. The predicted molar refractivity (Wildman–Crippen MR) is 144 cm³/mol. The van der Waals surface area contributed by atoms with Crippen molar-refractivity contribution in [2.75, 3.05) is 32.7 Å². The molecule has 2 aliphatic rings. The molecule has 1 aliphatic carbocycles. The van der Waals surface area contributed by atoms with Crippen molar-refractivity contribution in [3.05, 3.63) is 52.3 Å². The summed E-state index contributed by atoms with van der Waals surface area (Å²) < 4.78 is 2.21. The Hall–Kier alpha value is -1.96. The zero-order valence-corrected chi connectivity index (χ0v) is 21.8. The van der Waals surface area contributed by atoms with Gasteiger partial charge >= 0.3 is 0 Å². The first kappa shape index (κ1) is 24.2. The second-order valence-corrected chi connectivity index (χ2v) is 10.2. The van der Waals surface area contributed by atoms with Gasteiger partial charge in [0.25, 0.3) is 0 Å². The molecule has 2 heterocycles. The Bertz CT molecular complexity index is 1060. The SMILES string of the molecule is CCNC(=S)c1c(C)c2c(n1C(=S)NCC)C[C@]1(c3cccc(O)c3)CCN(CC)C[C@H]1C2. The van der Waals surface area contributed by atoms with Crippen LogP contribution in [0.5, 0.6) is 5.75 Å². The van der Waals surface area contributed by atoms with Crippen molar-refractivity contribution >= 4 is 34.5 Å². The fourth-order valence-corrected chi connectivity index (χ4v) is 6.72. The Kier molecular flexibility index (Phi) is 7.12. The maximum atomic E-state index is 10.3. The summed E-state index contributed by atoms with van der Waals surface area (Å²) in [6, 6.07) is 7.93. The summed E-state index contributed by atoms with van der Waals surface area (Å²) >= 11 is 11.7. The number of aromatic nitrogens is 1. The van der Waals surface area contributed by atoms with Crippen LogP contribution in [0.25, 0.3) is 0 Å². The predicted octanol–water partition coefficient (Wildman–Crippen LogP) is 3.91. The van der Waals surface area contributed by atoms with Gasteiger partial charge in [0.05, 0.1) is 5.69 Å². The first-order valence-corrected chi connectivity index (χ1v) is 13.0. The van der Waals surface area contributed by atoms with Crippen LogP contribution in [-0.4, -0.2) is 57.4 Å². The highest BCUT2D eigenvalue weighted by molar-refractivity contribution is 7.81. The van der Waals surface area contributed by atoms with Gasteiger partial charge in [0.2, 0.25) is 0 Å². The van der Waals surface area contributed by atoms with Crippen LogP contribution in [0.15, 0.2) is 24.3 Å². The Morgan fingerprint density at radius 3 is 2.61 bits per heavy atom. The van der Waals surface area contributed by atoms with Crippen LogP contribution in [0, 0.1) is 12.8 Å². The van der Waals surface area contributed by atoms with Crippen LogP contribution < -0.4 is 10.6 Å². The highest BCUT2D eigenvalue weighted by Gasteiger charge is 2.49. The number of benzene rings is 1. The largest absolute Gasteiger partial charge is 0.508 e. The number of rotatable bonds is 5. The van der Waals surface area contributed by atoms with Crippen molar-refractivity contribution < 1.29 is 5.11 Å². The summed E-state index contributed by atoms with van der Waals surface area (Å²) in [6.07, 6.45) is 2.96. The van der Waals surface area contributed by atoms with E-state index in [9.17, 15) is 5.11 Å². The van der Waals surface area contributed by atoms with Crippen molar-refractivity contribution in [2.45, 2.75) is 52.4 Å². The first-order chi connectivity index (χ1) is 15.9. The van der Waals surface area contributed by atoms with E-state index in [-0.39, 0.29) is 5.41 Å². The quantitative estimate of drug-likeness (QED) is 0.560. The van der Waals surface area contributed by atoms with E-state index in [1.807, 2.05) is 12.1 Å². The van der Waals surface area contributed by atoms with E-state index in [4.69, 9.17) is 24.4 Å². The molecule has 0 bridgehead atoms. The number of piperidine rings is 1. The molecule has 0 radical (unpaired) electrons. The van der Waals surface area contributed by atoms with Crippen LogP contribution in [0.4, 0.5) is 0 Å². The molecule has 7 heteroatoms. The molecule has 4 rings (SSSR count). The number of phenols is 1. The molecule has 0 amide bonds. The normalized spacial score (nSPS) is 22.4. The second kappa shape index (κ2) is 9.72. The van der Waals surface area contributed by atoms with E-state index in [1.165, 1.54) is 22.4 Å². The Morgan fingerprint density at radius 1 is 1.18 bits per heavy atom. The lowest BCUT2D eigenvalue weighted by atomic mass is 9.58. The monoisotopic (exact) mass is 484 g/mol. The number of hydrogen-bond donors (Lipinski definition) is 3. The Labute approximate surface area is 208 Å². The number of hydrogen-bond acceptors (Lipinski definition) is 4. The van der Waals surface area contributed by atoms with E-state index < -0.39 is 0 Å². The van der Waals surface area contributed by atoms with Crippen LogP contribution in [0.1, 0.15) is 55.3 Å². The summed E-state index contributed by atoms with van der Waals surface area (Å²) in [5.74, 6) is 0.816. The average Bonchev–Trinajstić information content (AvgIpc) is 3.08. The molecule has 1 saturated heterocycles. The molecule has 2 atom stereocenters. The fraction of sp³-hybridized carbons (Fsp3) is 0.538. The van der Waals surface area contributed by atoms with Gasteiger partial charge in [-0.1, -0.05) is 31.3 Å². The van der Waals surface area contributed by atoms with Crippen molar-refractivity contribution in [2.24, 2.45) is 5.92 Å². The third kappa shape index (κ3) is 4.19. The summed E-state index contributed by atoms with van der Waals surface area (Å²) in [7, 11) is 0. The van der Waals surface area contributed by atoms with Crippen LogP contribution in [0.3, 0.4) is 0 Å². The lowest BCUT2D eigenvalue weighted by Gasteiger charge is -2.51. The highest BCUT2D eigenvalue weighted by atomic mass is 32.1. The van der Waals surface area contributed by atoms with Crippen LogP contribution in [-0.2, 0) is 18.3 Å². The Balaban J connectivity index is 1.90. The second-order valence-electron chi connectivity index (χ2n) is 9.36. The number of likely N-dealkylation sites (tertiary alicyclic amines) is 1. The molecule has 0 unspecified atom stereocenters. The van der Waals surface area contributed by atoms with Crippen LogP contribution >= 0.6 is 24.4 Å². The molecule has 0 saturated carbocycles. The molecule has 1 fully saturated rings. The van der Waals surface area contributed by atoms with E-state index in [0.717, 1.165) is 62.7 Å². The van der Waals surface area contributed by atoms with Gasteiger partial charge < -0.3 is 20.6 Å². The minimum atomic E-state index is -0.0289. The lowest BCUT2D eigenvalue weighted by Crippen LogP contribution is -2.54. The van der Waals surface area contributed by atoms with Gasteiger partial charge in [-0.15, -0.1) is 0 Å². The molecule has 5 nitrogen and oxygen atoms in total. The smallest absolute Gasteiger partial charge is 0.177 e. The van der Waals surface area contributed by atoms with Crippen molar-refractivity contribution in [3.63, 3.8) is 0 Å². The van der Waals surface area contributed by atoms with E-state index in [2.05, 4.69) is 53.9 Å². The van der Waals surface area contributed by atoms with Crippen LogP contribution in [0.2, 0.25) is 0 Å². The summed E-state index contributed by atoms with van der Waals surface area (Å²) in [4.78, 5) is 3.32. The highest BCUT2D eigenvalue weighted by Crippen LogP contribution is 2.49. The van der Waals surface area contributed by atoms with E-state index in [0.29, 0.717) is 16.8 Å². The van der Waals surface area contributed by atoms with Crippen molar-refractivity contribution in [3.8, 4) is 5.75 Å². The minimum absolute atomic E-state index is 0.0289. The zero-order chi connectivity index (χ0) is 23.8. The number of nitrogens with one attached hydrogen (secondary N) is 2. The number of aromatic hydroxyl groups is 1. The number of nitrogens with zero attached hydrogens (tertiary/aromatic N) is 2. The van der Waals surface area contributed by atoms with Gasteiger partial charge in [-0.05, 0) is 100 Å². The fourth-order valence-electron chi connectivity index (χ4n) is 5.99. The van der Waals surface area contributed by atoms with E-state index in [1.54, 1.807) is 6.07 Å². The number of fused-ring (bicyclic) bond motifs is 2. The van der Waals surface area contributed by atoms with Crippen molar-refractivity contribution in [1.82, 2.24) is 20.1 Å². The molecule has 0 spiro atoms. The summed E-state index contributed by atoms with van der Waals surface area (Å²) in [5.41, 5.74) is 6.15. The number of thiocarbonyl (C=S) groups is 2. The molecule has 178 valence electrons.